The van der Waals surface area contributed by atoms with E-state index in [4.69, 9.17) is 16.3 Å². The number of hydrogen-bond acceptors (Lipinski definition) is 4. The van der Waals surface area contributed by atoms with Crippen LogP contribution in [0.5, 0.6) is 0 Å². The fourth-order valence-electron chi connectivity index (χ4n) is 1.79. The van der Waals surface area contributed by atoms with E-state index in [1.807, 2.05) is 0 Å². The Morgan fingerprint density at radius 1 is 1.48 bits per heavy atom. The van der Waals surface area contributed by atoms with Crippen molar-refractivity contribution < 1.29 is 22.7 Å². The van der Waals surface area contributed by atoms with Crippen molar-refractivity contribution in [3.05, 3.63) is 23.2 Å². The van der Waals surface area contributed by atoms with E-state index in [9.17, 15) is 18.0 Å². The van der Waals surface area contributed by atoms with Gasteiger partial charge in [0.25, 0.3) is 0 Å². The number of aromatic nitrogens is 3. The molecular formula is C12H11ClF3N3O2. The molecule has 2 atom stereocenters. The molecule has 0 aliphatic rings. The van der Waals surface area contributed by atoms with Gasteiger partial charge in [-0.25, -0.2) is 9.97 Å². The molecule has 0 radical (unpaired) electrons. The zero-order valence-corrected chi connectivity index (χ0v) is 11.8. The van der Waals surface area contributed by atoms with Gasteiger partial charge in [-0.1, -0.05) is 11.6 Å². The van der Waals surface area contributed by atoms with E-state index in [1.54, 1.807) is 0 Å². The molecule has 0 aromatic carbocycles. The highest BCUT2D eigenvalue weighted by Gasteiger charge is 2.45. The zero-order chi connectivity index (χ0) is 15.8. The maximum absolute atomic E-state index is 12.9. The van der Waals surface area contributed by atoms with Gasteiger partial charge in [0.1, 0.15) is 16.5 Å². The number of alkyl halides is 3. The highest BCUT2D eigenvalue weighted by molar-refractivity contribution is 6.29. The lowest BCUT2D eigenvalue weighted by Gasteiger charge is -2.23. The third kappa shape index (κ3) is 3.44. The predicted octanol–water partition coefficient (Wildman–Crippen LogP) is 3.41. The van der Waals surface area contributed by atoms with E-state index in [-0.39, 0.29) is 11.0 Å². The number of nitrogens with one attached hydrogen (secondary N) is 1. The van der Waals surface area contributed by atoms with Gasteiger partial charge in [0.15, 0.2) is 6.10 Å². The third-order valence-electron chi connectivity index (χ3n) is 2.89. The molecule has 2 aromatic heterocycles. The molecule has 2 aromatic rings. The maximum Gasteiger partial charge on any atom is 0.395 e. The number of aromatic amines is 1. The Hall–Kier alpha value is -1.83. The summed E-state index contributed by atoms with van der Waals surface area (Å²) in [4.78, 5) is 21.5. The van der Waals surface area contributed by atoms with Crippen molar-refractivity contribution >= 4 is 28.6 Å². The van der Waals surface area contributed by atoms with E-state index >= 15 is 0 Å². The van der Waals surface area contributed by atoms with E-state index in [2.05, 4.69) is 15.0 Å². The van der Waals surface area contributed by atoms with Crippen molar-refractivity contribution in [1.82, 2.24) is 15.0 Å². The smallest absolute Gasteiger partial charge is 0.395 e. The summed E-state index contributed by atoms with van der Waals surface area (Å²) < 4.78 is 43.4. The molecule has 2 rings (SSSR count). The molecule has 0 fully saturated rings. The molecule has 0 spiro atoms. The SMILES string of the molecule is CC(=O)OC(c1nc2cnc(Cl)cc2[nH]1)[C@H](C)C(F)(F)F. The van der Waals surface area contributed by atoms with E-state index < -0.39 is 24.2 Å². The van der Waals surface area contributed by atoms with Crippen LogP contribution in [-0.4, -0.2) is 27.1 Å². The quantitative estimate of drug-likeness (QED) is 0.695. The maximum atomic E-state index is 12.9. The number of halogens is 4. The molecule has 0 saturated carbocycles. The number of carbonyl (C=O) groups is 1. The van der Waals surface area contributed by atoms with Crippen molar-refractivity contribution in [3.63, 3.8) is 0 Å². The van der Waals surface area contributed by atoms with Crippen LogP contribution in [0.4, 0.5) is 13.2 Å². The highest BCUT2D eigenvalue weighted by atomic mass is 35.5. The molecule has 0 saturated heterocycles. The number of pyridine rings is 1. The predicted molar refractivity (Wildman–Crippen MR) is 68.6 cm³/mol. The number of hydrogen-bond donors (Lipinski definition) is 1. The molecule has 0 aliphatic heterocycles. The lowest BCUT2D eigenvalue weighted by Crippen LogP contribution is -2.29. The number of carbonyl (C=O) groups excluding carboxylic acids is 1. The normalized spacial score (nSPS) is 15.0. The molecular weight excluding hydrogens is 311 g/mol. The van der Waals surface area contributed by atoms with Gasteiger partial charge in [-0.15, -0.1) is 0 Å². The van der Waals surface area contributed by atoms with Crippen molar-refractivity contribution in [3.8, 4) is 0 Å². The minimum absolute atomic E-state index is 0.103. The molecule has 0 amide bonds. The largest absolute Gasteiger partial charge is 0.454 e. The molecule has 0 bridgehead atoms. The van der Waals surface area contributed by atoms with Gasteiger partial charge in [-0.3, -0.25) is 4.79 Å². The number of H-pyrrole nitrogens is 1. The Morgan fingerprint density at radius 3 is 2.71 bits per heavy atom. The summed E-state index contributed by atoms with van der Waals surface area (Å²) in [5.74, 6) is -2.84. The third-order valence-corrected chi connectivity index (χ3v) is 3.09. The summed E-state index contributed by atoms with van der Waals surface area (Å²) in [6.45, 7) is 1.96. The summed E-state index contributed by atoms with van der Waals surface area (Å²) in [6, 6.07) is 1.43. The van der Waals surface area contributed by atoms with Crippen LogP contribution in [0.25, 0.3) is 11.0 Å². The van der Waals surface area contributed by atoms with E-state index in [0.29, 0.717) is 11.0 Å². The molecule has 9 heteroatoms. The number of esters is 1. The molecule has 0 aliphatic carbocycles. The molecule has 114 valence electrons. The van der Waals surface area contributed by atoms with Gasteiger partial charge >= 0.3 is 12.1 Å². The monoisotopic (exact) mass is 321 g/mol. The summed E-state index contributed by atoms with van der Waals surface area (Å²) in [6.07, 6.45) is -4.77. The van der Waals surface area contributed by atoms with Crippen LogP contribution in [0.15, 0.2) is 12.3 Å². The van der Waals surface area contributed by atoms with Gasteiger partial charge in [-0.05, 0) is 6.92 Å². The van der Waals surface area contributed by atoms with Crippen LogP contribution < -0.4 is 0 Å². The molecule has 2 heterocycles. The highest BCUT2D eigenvalue weighted by Crippen LogP contribution is 2.37. The van der Waals surface area contributed by atoms with Crippen LogP contribution >= 0.6 is 11.6 Å². The van der Waals surface area contributed by atoms with Gasteiger partial charge in [0.2, 0.25) is 0 Å². The second kappa shape index (κ2) is 5.51. The van der Waals surface area contributed by atoms with Crippen molar-refractivity contribution in [2.24, 2.45) is 5.92 Å². The first-order chi connectivity index (χ1) is 9.68. The first-order valence-corrected chi connectivity index (χ1v) is 6.31. The topological polar surface area (TPSA) is 67.9 Å². The van der Waals surface area contributed by atoms with Gasteiger partial charge in [0.05, 0.1) is 17.6 Å². The fourth-order valence-corrected chi connectivity index (χ4v) is 1.95. The van der Waals surface area contributed by atoms with E-state index in [0.717, 1.165) is 13.8 Å². The first-order valence-electron chi connectivity index (χ1n) is 5.93. The number of rotatable bonds is 3. The standard InChI is InChI=1S/C12H11ClF3N3O2/c1-5(12(14,15)16)10(21-6(2)20)11-18-7-3-9(13)17-4-8(7)19-11/h3-5,10H,1-2H3,(H,18,19)/t5-,10?/m0/s1. The number of ether oxygens (including phenoxy) is 1. The lowest BCUT2D eigenvalue weighted by atomic mass is 10.0. The minimum atomic E-state index is -4.53. The zero-order valence-electron chi connectivity index (χ0n) is 11.0. The average molecular weight is 322 g/mol. The number of nitrogens with zero attached hydrogens (tertiary/aromatic N) is 2. The number of imidazole rings is 1. The van der Waals surface area contributed by atoms with Gasteiger partial charge < -0.3 is 9.72 Å². The fraction of sp³-hybridized carbons (Fsp3) is 0.417. The minimum Gasteiger partial charge on any atom is -0.454 e. The summed E-state index contributed by atoms with van der Waals surface area (Å²) >= 11 is 5.70. The van der Waals surface area contributed by atoms with Crippen molar-refractivity contribution in [2.45, 2.75) is 26.1 Å². The second-order valence-corrected chi connectivity index (χ2v) is 4.89. The van der Waals surface area contributed by atoms with E-state index in [1.165, 1.54) is 12.3 Å². The lowest BCUT2D eigenvalue weighted by molar-refractivity contribution is -0.205. The van der Waals surface area contributed by atoms with Crippen LogP contribution in [-0.2, 0) is 9.53 Å². The molecule has 1 N–H and O–H groups in total. The first kappa shape index (κ1) is 15.6. The van der Waals surface area contributed by atoms with Crippen LogP contribution in [0.2, 0.25) is 5.15 Å². The summed E-state index contributed by atoms with van der Waals surface area (Å²) in [5.41, 5.74) is 0.748. The Morgan fingerprint density at radius 2 is 2.14 bits per heavy atom. The van der Waals surface area contributed by atoms with Gasteiger partial charge in [0, 0.05) is 13.0 Å². The average Bonchev–Trinajstić information content (AvgIpc) is 2.76. The Balaban J connectivity index is 2.45. The molecule has 21 heavy (non-hydrogen) atoms. The van der Waals surface area contributed by atoms with Crippen LogP contribution in [0.1, 0.15) is 25.8 Å². The Labute approximate surface area is 122 Å². The van der Waals surface area contributed by atoms with Crippen molar-refractivity contribution in [1.29, 1.82) is 0 Å². The summed E-state index contributed by atoms with van der Waals surface area (Å²) in [5, 5.41) is 0.172. The van der Waals surface area contributed by atoms with Crippen LogP contribution in [0.3, 0.4) is 0 Å². The van der Waals surface area contributed by atoms with Crippen LogP contribution in [0, 0.1) is 5.92 Å². The Kier molecular flexibility index (Phi) is 4.08. The second-order valence-electron chi connectivity index (χ2n) is 4.51. The van der Waals surface area contributed by atoms with Crippen molar-refractivity contribution in [2.75, 3.05) is 0 Å². The molecule has 1 unspecified atom stereocenters. The Bertz CT molecular complexity index is 671. The number of fused-ring (bicyclic) bond motifs is 1. The summed E-state index contributed by atoms with van der Waals surface area (Å²) in [7, 11) is 0. The van der Waals surface area contributed by atoms with Gasteiger partial charge in [-0.2, -0.15) is 13.2 Å². The molecule has 5 nitrogen and oxygen atoms in total.